The number of halogens is 2. The molecule has 0 saturated carbocycles. The SMILES string of the molecule is CCCSC1=[C-]CC=C1.[Cl-].[Cl-].[Ti+3]. The van der Waals surface area contributed by atoms with E-state index in [4.69, 9.17) is 0 Å². The molecule has 1 aliphatic rings. The molecule has 12 heavy (non-hydrogen) atoms. The van der Waals surface area contributed by atoms with Gasteiger partial charge in [0.2, 0.25) is 0 Å². The first-order valence-electron chi connectivity index (χ1n) is 3.33. The molecule has 0 atom stereocenters. The van der Waals surface area contributed by atoms with Gasteiger partial charge in [-0.15, -0.1) is 6.42 Å². The molecule has 0 bridgehead atoms. The van der Waals surface area contributed by atoms with Crippen LogP contribution in [0.15, 0.2) is 17.1 Å². The van der Waals surface area contributed by atoms with Crippen molar-refractivity contribution in [2.75, 3.05) is 5.75 Å². The first kappa shape index (κ1) is 18.8. The van der Waals surface area contributed by atoms with E-state index in [2.05, 4.69) is 25.2 Å². The molecule has 0 aromatic carbocycles. The molecule has 0 saturated heterocycles. The average Bonchev–Trinajstić information content (AvgIpc) is 2.34. The third-order valence-electron chi connectivity index (χ3n) is 1.13. The molecule has 1 rings (SSSR count). The van der Waals surface area contributed by atoms with E-state index in [0.29, 0.717) is 0 Å². The Bertz CT molecular complexity index is 146. The zero-order valence-corrected chi connectivity index (χ0v) is 10.8. The Morgan fingerprint density at radius 2 is 2.17 bits per heavy atom. The Labute approximate surface area is 106 Å². The summed E-state index contributed by atoms with van der Waals surface area (Å²) in [6.45, 7) is 2.20. The Kier molecular flexibility index (Phi) is 19.0. The summed E-state index contributed by atoms with van der Waals surface area (Å²) in [4.78, 5) is 1.33. The molecule has 0 heterocycles. The van der Waals surface area contributed by atoms with Crippen molar-refractivity contribution in [2.45, 2.75) is 19.8 Å². The second-order valence-electron chi connectivity index (χ2n) is 2.00. The van der Waals surface area contributed by atoms with Crippen LogP contribution < -0.4 is 24.8 Å². The average molecular weight is 258 g/mol. The summed E-state index contributed by atoms with van der Waals surface area (Å²) >= 11 is 1.90. The van der Waals surface area contributed by atoms with Crippen molar-refractivity contribution < 1.29 is 46.5 Å². The van der Waals surface area contributed by atoms with E-state index in [9.17, 15) is 0 Å². The fraction of sp³-hybridized carbons (Fsp3) is 0.500. The van der Waals surface area contributed by atoms with Crippen molar-refractivity contribution in [2.24, 2.45) is 0 Å². The van der Waals surface area contributed by atoms with E-state index in [1.165, 1.54) is 17.1 Å². The summed E-state index contributed by atoms with van der Waals surface area (Å²) in [5.41, 5.74) is 0. The second kappa shape index (κ2) is 12.1. The summed E-state index contributed by atoms with van der Waals surface area (Å²) in [5.74, 6) is 1.23. The minimum Gasteiger partial charge on any atom is -1.00 e. The van der Waals surface area contributed by atoms with Gasteiger partial charge in [0.1, 0.15) is 0 Å². The number of rotatable bonds is 3. The molecular weight excluding hydrogens is 247 g/mol. The van der Waals surface area contributed by atoms with E-state index >= 15 is 0 Å². The molecule has 1 aliphatic carbocycles. The largest absolute Gasteiger partial charge is 3.00 e. The van der Waals surface area contributed by atoms with Crippen molar-refractivity contribution in [1.82, 2.24) is 0 Å². The Balaban J connectivity index is -0.000000270. The van der Waals surface area contributed by atoms with Gasteiger partial charge in [-0.25, -0.2) is 6.08 Å². The molecule has 0 aromatic heterocycles. The molecule has 0 aromatic rings. The van der Waals surface area contributed by atoms with Crippen molar-refractivity contribution >= 4 is 11.8 Å². The van der Waals surface area contributed by atoms with Gasteiger partial charge in [0.05, 0.1) is 0 Å². The van der Waals surface area contributed by atoms with Crippen LogP contribution in [0.4, 0.5) is 0 Å². The minimum atomic E-state index is 0. The van der Waals surface area contributed by atoms with Crippen LogP contribution in [0.3, 0.4) is 0 Å². The van der Waals surface area contributed by atoms with Crippen LogP contribution in [0.1, 0.15) is 19.8 Å². The van der Waals surface area contributed by atoms with Crippen LogP contribution in [0.2, 0.25) is 0 Å². The van der Waals surface area contributed by atoms with Gasteiger partial charge in [0.15, 0.2) is 0 Å². The smallest absolute Gasteiger partial charge is 1.00 e. The van der Waals surface area contributed by atoms with Crippen molar-refractivity contribution in [3.05, 3.63) is 23.1 Å². The second-order valence-corrected chi connectivity index (χ2v) is 3.13. The first-order chi connectivity index (χ1) is 4.43. The van der Waals surface area contributed by atoms with Crippen molar-refractivity contribution in [3.63, 3.8) is 0 Å². The summed E-state index contributed by atoms with van der Waals surface area (Å²) in [6.07, 6.45) is 9.84. The topological polar surface area (TPSA) is 0 Å². The van der Waals surface area contributed by atoms with Gasteiger partial charge in [-0.1, -0.05) is 6.92 Å². The number of hydrogen-bond donors (Lipinski definition) is 0. The summed E-state index contributed by atoms with van der Waals surface area (Å²) in [5, 5.41) is 0. The van der Waals surface area contributed by atoms with E-state index in [-0.39, 0.29) is 46.5 Å². The predicted octanol–water partition coefficient (Wildman–Crippen LogP) is -3.22. The van der Waals surface area contributed by atoms with Crippen molar-refractivity contribution in [3.8, 4) is 0 Å². The number of allylic oxidation sites excluding steroid dienone is 3. The zero-order valence-electron chi connectivity index (χ0n) is 6.94. The van der Waals surface area contributed by atoms with E-state index in [1.54, 1.807) is 0 Å². The molecule has 0 spiro atoms. The van der Waals surface area contributed by atoms with Crippen LogP contribution in [-0.4, -0.2) is 5.75 Å². The molecule has 0 unspecified atom stereocenters. The van der Waals surface area contributed by atoms with Crippen LogP contribution in [0.25, 0.3) is 0 Å². The van der Waals surface area contributed by atoms with Gasteiger partial charge in [-0.05, 0) is 12.2 Å². The zero-order chi connectivity index (χ0) is 6.53. The minimum absolute atomic E-state index is 0. The third kappa shape index (κ3) is 7.76. The standard InChI is InChI=1S/C8H11S.2ClH.Ti/c1-2-7-9-8-5-3-4-6-8;;;/h3,5H,2,4,7H2,1H3;2*1H;/q-1;;;+3/p-2. The predicted molar refractivity (Wildman–Crippen MR) is 43.3 cm³/mol. The van der Waals surface area contributed by atoms with Gasteiger partial charge in [-0.2, -0.15) is 22.7 Å². The molecule has 0 nitrogen and oxygen atoms in total. The fourth-order valence-corrected chi connectivity index (χ4v) is 1.50. The normalized spacial score (nSPS) is 12.2. The fourth-order valence-electron chi connectivity index (χ4n) is 0.696. The third-order valence-corrected chi connectivity index (χ3v) is 2.33. The summed E-state index contributed by atoms with van der Waals surface area (Å²) in [7, 11) is 0. The first-order valence-corrected chi connectivity index (χ1v) is 4.32. The number of hydrogen-bond acceptors (Lipinski definition) is 1. The maximum absolute atomic E-state index is 3.26. The van der Waals surface area contributed by atoms with Gasteiger partial charge in [0.25, 0.3) is 0 Å². The molecule has 0 N–H and O–H groups in total. The Morgan fingerprint density at radius 3 is 2.58 bits per heavy atom. The molecular formula is C8H11Cl2STi. The quantitative estimate of drug-likeness (QED) is 0.379. The monoisotopic (exact) mass is 257 g/mol. The maximum atomic E-state index is 3.26. The molecule has 67 valence electrons. The van der Waals surface area contributed by atoms with Gasteiger partial charge < -0.3 is 24.8 Å². The van der Waals surface area contributed by atoms with Crippen LogP contribution >= 0.6 is 11.8 Å². The molecule has 4 heteroatoms. The van der Waals surface area contributed by atoms with Crippen LogP contribution in [-0.2, 0) is 21.7 Å². The maximum Gasteiger partial charge on any atom is 3.00 e. The molecule has 0 amide bonds. The molecule has 0 fully saturated rings. The van der Waals surface area contributed by atoms with E-state index in [1.807, 2.05) is 11.8 Å². The Hall–Kier alpha value is 1.12. The van der Waals surface area contributed by atoms with E-state index in [0.717, 1.165) is 6.42 Å². The van der Waals surface area contributed by atoms with E-state index < -0.39 is 0 Å². The van der Waals surface area contributed by atoms with Crippen molar-refractivity contribution in [1.29, 1.82) is 0 Å². The van der Waals surface area contributed by atoms with Gasteiger partial charge in [0, 0.05) is 0 Å². The summed E-state index contributed by atoms with van der Waals surface area (Å²) in [6, 6.07) is 0. The van der Waals surface area contributed by atoms with Crippen LogP contribution in [0.5, 0.6) is 0 Å². The number of thioether (sulfide) groups is 1. The van der Waals surface area contributed by atoms with Gasteiger partial charge >= 0.3 is 21.7 Å². The van der Waals surface area contributed by atoms with Crippen LogP contribution in [0, 0.1) is 6.08 Å². The molecule has 1 radical (unpaired) electrons. The molecule has 0 aliphatic heterocycles. The summed E-state index contributed by atoms with van der Waals surface area (Å²) < 4.78 is 0. The van der Waals surface area contributed by atoms with Gasteiger partial charge in [-0.3, -0.25) is 6.08 Å². The Morgan fingerprint density at radius 1 is 1.50 bits per heavy atom.